The molecule has 0 saturated heterocycles. The molecule has 0 aromatic rings. The molecule has 1 unspecified atom stereocenters. The van der Waals surface area contributed by atoms with Crippen molar-refractivity contribution in [1.29, 1.82) is 0 Å². The van der Waals surface area contributed by atoms with E-state index in [9.17, 15) is 4.79 Å². The maximum atomic E-state index is 11.9. The van der Waals surface area contributed by atoms with Crippen LogP contribution in [0, 0.1) is 5.92 Å². The minimum atomic E-state index is -0.334. The van der Waals surface area contributed by atoms with E-state index in [-0.39, 0.29) is 18.1 Å². The Bertz CT molecular complexity index is 274. The number of nitrogens with one attached hydrogen (secondary N) is 2. The van der Waals surface area contributed by atoms with Crippen molar-refractivity contribution in [2.24, 2.45) is 5.92 Å². The number of carbonyl (C=O) groups is 1. The van der Waals surface area contributed by atoms with Gasteiger partial charge in [0.1, 0.15) is 6.10 Å². The lowest BCUT2D eigenvalue weighted by molar-refractivity contribution is -0.136. The van der Waals surface area contributed by atoms with Gasteiger partial charge in [-0.1, -0.05) is 20.8 Å². The number of hydrogen-bond acceptors (Lipinski definition) is 3. The van der Waals surface area contributed by atoms with Crippen molar-refractivity contribution < 1.29 is 9.53 Å². The molecule has 1 aliphatic carbocycles. The standard InChI is InChI=1S/C16H32N2O2/c1-5-10-17-14-6-8-15(9-7-14)20-13(4)16(19)18-11-12(2)3/h12-15,17H,5-11H2,1-4H3,(H,18,19). The van der Waals surface area contributed by atoms with Crippen molar-refractivity contribution in [2.45, 2.75) is 78.0 Å². The lowest BCUT2D eigenvalue weighted by atomic mass is 9.93. The Morgan fingerprint density at radius 2 is 1.85 bits per heavy atom. The van der Waals surface area contributed by atoms with E-state index in [0.717, 1.165) is 38.8 Å². The van der Waals surface area contributed by atoms with Crippen LogP contribution in [0.5, 0.6) is 0 Å². The van der Waals surface area contributed by atoms with Crippen molar-refractivity contribution >= 4 is 5.91 Å². The van der Waals surface area contributed by atoms with Crippen LogP contribution in [0.25, 0.3) is 0 Å². The number of hydrogen-bond donors (Lipinski definition) is 2. The number of amides is 1. The van der Waals surface area contributed by atoms with E-state index < -0.39 is 0 Å². The molecule has 1 amide bonds. The second-order valence-corrected chi connectivity index (χ2v) is 6.35. The van der Waals surface area contributed by atoms with E-state index >= 15 is 0 Å². The van der Waals surface area contributed by atoms with Crippen LogP contribution >= 0.6 is 0 Å². The normalized spacial score (nSPS) is 24.6. The average Bonchev–Trinajstić information content (AvgIpc) is 2.43. The van der Waals surface area contributed by atoms with Gasteiger partial charge in [0.25, 0.3) is 0 Å². The van der Waals surface area contributed by atoms with Crippen LogP contribution in [0.2, 0.25) is 0 Å². The summed E-state index contributed by atoms with van der Waals surface area (Å²) in [6, 6.07) is 0.639. The molecule has 118 valence electrons. The summed E-state index contributed by atoms with van der Waals surface area (Å²) in [6.45, 7) is 10.1. The van der Waals surface area contributed by atoms with E-state index in [1.807, 2.05) is 6.92 Å². The minimum Gasteiger partial charge on any atom is -0.365 e. The van der Waals surface area contributed by atoms with Gasteiger partial charge >= 0.3 is 0 Å². The van der Waals surface area contributed by atoms with Crippen LogP contribution in [-0.4, -0.2) is 37.2 Å². The molecule has 4 heteroatoms. The third-order valence-electron chi connectivity index (χ3n) is 3.81. The second kappa shape index (κ2) is 9.35. The number of rotatable bonds is 8. The zero-order valence-corrected chi connectivity index (χ0v) is 13.6. The Labute approximate surface area is 124 Å². The summed E-state index contributed by atoms with van der Waals surface area (Å²) in [6.07, 6.45) is 5.53. The van der Waals surface area contributed by atoms with Crippen molar-refractivity contribution in [2.75, 3.05) is 13.1 Å². The monoisotopic (exact) mass is 284 g/mol. The Kier molecular flexibility index (Phi) is 8.15. The van der Waals surface area contributed by atoms with Gasteiger partial charge in [0.2, 0.25) is 5.91 Å². The summed E-state index contributed by atoms with van der Waals surface area (Å²) < 4.78 is 5.90. The SMILES string of the molecule is CCCNC1CCC(OC(C)C(=O)NCC(C)C)CC1. The predicted octanol–water partition coefficient (Wildman–Crippen LogP) is 2.47. The average molecular weight is 284 g/mol. The van der Waals surface area contributed by atoms with Gasteiger partial charge in [-0.3, -0.25) is 4.79 Å². The third kappa shape index (κ3) is 6.71. The summed E-state index contributed by atoms with van der Waals surface area (Å²) in [5.74, 6) is 0.496. The molecule has 0 bridgehead atoms. The zero-order chi connectivity index (χ0) is 15.0. The van der Waals surface area contributed by atoms with E-state index in [0.29, 0.717) is 12.0 Å². The Morgan fingerprint density at radius 1 is 1.20 bits per heavy atom. The molecule has 0 aromatic carbocycles. The number of carbonyl (C=O) groups excluding carboxylic acids is 1. The van der Waals surface area contributed by atoms with Crippen molar-refractivity contribution in [1.82, 2.24) is 10.6 Å². The smallest absolute Gasteiger partial charge is 0.248 e. The fraction of sp³-hybridized carbons (Fsp3) is 0.938. The second-order valence-electron chi connectivity index (χ2n) is 6.35. The van der Waals surface area contributed by atoms with Crippen LogP contribution in [0.3, 0.4) is 0 Å². The van der Waals surface area contributed by atoms with E-state index in [4.69, 9.17) is 4.74 Å². The van der Waals surface area contributed by atoms with Gasteiger partial charge in [0.15, 0.2) is 0 Å². The van der Waals surface area contributed by atoms with E-state index in [1.54, 1.807) is 0 Å². The highest BCUT2D eigenvalue weighted by Gasteiger charge is 2.24. The molecule has 0 aromatic heterocycles. The molecule has 1 rings (SSSR count). The summed E-state index contributed by atoms with van der Waals surface area (Å²) in [7, 11) is 0. The molecule has 4 nitrogen and oxygen atoms in total. The van der Waals surface area contributed by atoms with Crippen LogP contribution < -0.4 is 10.6 Å². The van der Waals surface area contributed by atoms with Crippen LogP contribution in [0.1, 0.15) is 59.8 Å². The van der Waals surface area contributed by atoms with E-state index in [2.05, 4.69) is 31.4 Å². The third-order valence-corrected chi connectivity index (χ3v) is 3.81. The van der Waals surface area contributed by atoms with Gasteiger partial charge in [0.05, 0.1) is 6.10 Å². The molecule has 0 radical (unpaired) electrons. The molecular formula is C16H32N2O2. The largest absolute Gasteiger partial charge is 0.365 e. The maximum absolute atomic E-state index is 11.9. The van der Waals surface area contributed by atoms with E-state index in [1.165, 1.54) is 6.42 Å². The Morgan fingerprint density at radius 3 is 2.40 bits per heavy atom. The van der Waals surface area contributed by atoms with Crippen molar-refractivity contribution in [3.05, 3.63) is 0 Å². The number of ether oxygens (including phenoxy) is 1. The first-order chi connectivity index (χ1) is 9.52. The minimum absolute atomic E-state index is 0.0185. The summed E-state index contributed by atoms with van der Waals surface area (Å²) in [5, 5.41) is 6.50. The molecule has 0 aliphatic heterocycles. The quantitative estimate of drug-likeness (QED) is 0.720. The van der Waals surface area contributed by atoms with Crippen molar-refractivity contribution in [3.63, 3.8) is 0 Å². The van der Waals surface area contributed by atoms with Crippen molar-refractivity contribution in [3.8, 4) is 0 Å². The summed E-state index contributed by atoms with van der Waals surface area (Å²) in [4.78, 5) is 11.9. The van der Waals surface area contributed by atoms with Gasteiger partial charge in [-0.2, -0.15) is 0 Å². The molecule has 1 saturated carbocycles. The zero-order valence-electron chi connectivity index (χ0n) is 13.6. The molecule has 1 aliphatic rings. The maximum Gasteiger partial charge on any atom is 0.248 e. The Hall–Kier alpha value is -0.610. The fourth-order valence-corrected chi connectivity index (χ4v) is 2.55. The molecule has 1 fully saturated rings. The summed E-state index contributed by atoms with van der Waals surface area (Å²) >= 11 is 0. The molecule has 0 spiro atoms. The fourth-order valence-electron chi connectivity index (χ4n) is 2.55. The highest BCUT2D eigenvalue weighted by Crippen LogP contribution is 2.22. The van der Waals surface area contributed by atoms with Gasteiger partial charge in [-0.25, -0.2) is 0 Å². The topological polar surface area (TPSA) is 50.4 Å². The van der Waals surface area contributed by atoms with Gasteiger partial charge in [-0.15, -0.1) is 0 Å². The van der Waals surface area contributed by atoms with Gasteiger partial charge in [-0.05, 0) is 51.5 Å². The van der Waals surface area contributed by atoms with Crippen LogP contribution in [0.4, 0.5) is 0 Å². The van der Waals surface area contributed by atoms with Crippen LogP contribution in [-0.2, 0) is 9.53 Å². The highest BCUT2D eigenvalue weighted by molar-refractivity contribution is 5.80. The molecule has 0 heterocycles. The highest BCUT2D eigenvalue weighted by atomic mass is 16.5. The van der Waals surface area contributed by atoms with Gasteiger partial charge in [0, 0.05) is 12.6 Å². The summed E-state index contributed by atoms with van der Waals surface area (Å²) in [5.41, 5.74) is 0. The lowest BCUT2D eigenvalue weighted by Gasteiger charge is -2.30. The van der Waals surface area contributed by atoms with Crippen LogP contribution in [0.15, 0.2) is 0 Å². The molecule has 20 heavy (non-hydrogen) atoms. The van der Waals surface area contributed by atoms with Gasteiger partial charge < -0.3 is 15.4 Å². The first kappa shape index (κ1) is 17.4. The molecule has 2 N–H and O–H groups in total. The predicted molar refractivity (Wildman–Crippen MR) is 82.7 cm³/mol. The Balaban J connectivity index is 2.20. The first-order valence-corrected chi connectivity index (χ1v) is 8.19. The lowest BCUT2D eigenvalue weighted by Crippen LogP contribution is -2.41. The molecule has 1 atom stereocenters. The molecular weight excluding hydrogens is 252 g/mol. The first-order valence-electron chi connectivity index (χ1n) is 8.19.